The molecule has 0 fully saturated rings. The van der Waals surface area contributed by atoms with E-state index in [1.165, 1.54) is 94.1 Å². The normalized spacial score (nSPS) is 12.6. The van der Waals surface area contributed by atoms with Crippen LogP contribution in [0.5, 0.6) is 17.2 Å². The van der Waals surface area contributed by atoms with Crippen molar-refractivity contribution in [2.24, 2.45) is 0 Å². The fourth-order valence-corrected chi connectivity index (χ4v) is 4.89. The van der Waals surface area contributed by atoms with Gasteiger partial charge < -0.3 is 43.7 Å². The Bertz CT molecular complexity index is 1800. The molecule has 0 aliphatic rings. The van der Waals surface area contributed by atoms with E-state index in [-0.39, 0.29) is 16.7 Å². The molecular formula is C36H39N3O15. The number of ether oxygens (including phenoxy) is 6. The Hall–Kier alpha value is -6.24. The first-order valence-electron chi connectivity index (χ1n) is 16.3. The largest absolute Gasteiger partial charge is 0.497 e. The van der Waals surface area contributed by atoms with E-state index < -0.39 is 92.7 Å². The van der Waals surface area contributed by atoms with Crippen molar-refractivity contribution in [1.29, 1.82) is 0 Å². The van der Waals surface area contributed by atoms with Crippen molar-refractivity contribution >= 4 is 17.9 Å². The molecule has 18 nitrogen and oxygen atoms in total. The second-order valence-corrected chi connectivity index (χ2v) is 11.6. The second kappa shape index (κ2) is 19.0. The average Bonchev–Trinajstić information content (AvgIpc) is 3.20. The number of carbonyl (C=O) groups excluding carboxylic acids is 3. The zero-order valence-electron chi connectivity index (χ0n) is 29.5. The summed E-state index contributed by atoms with van der Waals surface area (Å²) in [6.45, 7) is -4.41. The lowest BCUT2D eigenvalue weighted by molar-refractivity contribution is 0.0168. The SMILES string of the molecule is COc1ccc(C(=O)OCC(O)Cn2c(=O)n(CC(O)COC(=O)c3ccc(OC)cc3)c(=O)n(CC(O)COC(=O)c3ccc(OC)cc3)c2=O)cc1. The molecule has 3 aromatic carbocycles. The van der Waals surface area contributed by atoms with Crippen LogP contribution < -0.4 is 31.3 Å². The summed E-state index contributed by atoms with van der Waals surface area (Å²) in [6, 6.07) is 17.6. The number of aromatic nitrogens is 3. The molecule has 288 valence electrons. The third kappa shape index (κ3) is 10.7. The van der Waals surface area contributed by atoms with E-state index in [2.05, 4.69) is 0 Å². The molecule has 3 unspecified atom stereocenters. The van der Waals surface area contributed by atoms with E-state index >= 15 is 0 Å². The first kappa shape index (κ1) is 40.5. The topological polar surface area (TPSA) is 233 Å². The predicted octanol–water partition coefficient (Wildman–Crippen LogP) is -0.149. The van der Waals surface area contributed by atoms with Crippen LogP contribution in [0, 0.1) is 0 Å². The third-order valence-electron chi connectivity index (χ3n) is 7.76. The molecule has 1 heterocycles. The first-order chi connectivity index (χ1) is 25.8. The number of hydrogen-bond acceptors (Lipinski definition) is 15. The minimum atomic E-state index is -1.65. The van der Waals surface area contributed by atoms with Crippen LogP contribution in [0.2, 0.25) is 0 Å². The summed E-state index contributed by atoms with van der Waals surface area (Å²) in [6.07, 6.45) is -4.95. The van der Waals surface area contributed by atoms with E-state index in [1.807, 2.05) is 0 Å². The number of methoxy groups -OCH3 is 3. The van der Waals surface area contributed by atoms with Gasteiger partial charge in [0.25, 0.3) is 0 Å². The van der Waals surface area contributed by atoms with Crippen molar-refractivity contribution in [2.45, 2.75) is 37.9 Å². The number of rotatable bonds is 18. The third-order valence-corrected chi connectivity index (χ3v) is 7.76. The van der Waals surface area contributed by atoms with Crippen LogP contribution in [0.3, 0.4) is 0 Å². The molecule has 54 heavy (non-hydrogen) atoms. The highest BCUT2D eigenvalue weighted by Gasteiger charge is 2.23. The van der Waals surface area contributed by atoms with Crippen molar-refractivity contribution in [1.82, 2.24) is 13.7 Å². The van der Waals surface area contributed by atoms with Gasteiger partial charge in [0, 0.05) is 0 Å². The van der Waals surface area contributed by atoms with Crippen molar-refractivity contribution in [3.63, 3.8) is 0 Å². The summed E-state index contributed by atoms with van der Waals surface area (Å²) in [7, 11) is 4.34. The molecule has 0 amide bonds. The van der Waals surface area contributed by atoms with Crippen LogP contribution >= 0.6 is 0 Å². The lowest BCUT2D eigenvalue weighted by Crippen LogP contribution is -2.57. The van der Waals surface area contributed by atoms with Crippen LogP contribution in [-0.4, -0.2) is 106 Å². The van der Waals surface area contributed by atoms with Crippen LogP contribution in [0.4, 0.5) is 0 Å². The molecule has 4 aromatic rings. The maximum Gasteiger partial charge on any atom is 0.338 e. The van der Waals surface area contributed by atoms with Gasteiger partial charge in [-0.2, -0.15) is 0 Å². The van der Waals surface area contributed by atoms with Crippen molar-refractivity contribution in [2.75, 3.05) is 41.2 Å². The Labute approximate surface area is 306 Å². The fourth-order valence-electron chi connectivity index (χ4n) is 4.89. The standard InChI is InChI=1S/C36H39N3O15/c1-49-28-10-4-22(5-11-28)31(43)52-19-25(40)16-37-34(46)38(17-26(41)20-53-32(44)23-6-12-29(50-2)13-7-23)36(48)39(35(37)47)18-27(42)21-54-33(45)24-8-14-30(51-3)15-9-24/h4-15,25-27,40-42H,16-21H2,1-3H3. The van der Waals surface area contributed by atoms with Gasteiger partial charge in [0.05, 0.1) is 57.7 Å². The fraction of sp³-hybridized carbons (Fsp3) is 0.333. The van der Waals surface area contributed by atoms with Gasteiger partial charge in [-0.15, -0.1) is 0 Å². The Morgan fingerprint density at radius 3 is 0.889 bits per heavy atom. The Balaban J connectivity index is 1.52. The van der Waals surface area contributed by atoms with Gasteiger partial charge >= 0.3 is 35.0 Å². The van der Waals surface area contributed by atoms with Crippen molar-refractivity contribution in [3.05, 3.63) is 121 Å². The van der Waals surface area contributed by atoms with Crippen LogP contribution in [0.25, 0.3) is 0 Å². The van der Waals surface area contributed by atoms with Gasteiger partial charge in [0.2, 0.25) is 0 Å². The van der Waals surface area contributed by atoms with Gasteiger partial charge in [-0.25, -0.2) is 42.5 Å². The van der Waals surface area contributed by atoms with Gasteiger partial charge in [-0.05, 0) is 72.8 Å². The predicted molar refractivity (Wildman–Crippen MR) is 187 cm³/mol. The highest BCUT2D eigenvalue weighted by Crippen LogP contribution is 2.14. The van der Waals surface area contributed by atoms with E-state index in [0.717, 1.165) is 0 Å². The average molecular weight is 754 g/mol. The first-order valence-corrected chi connectivity index (χ1v) is 16.3. The van der Waals surface area contributed by atoms with E-state index in [4.69, 9.17) is 28.4 Å². The summed E-state index contributed by atoms with van der Waals surface area (Å²) in [5, 5.41) is 32.1. The molecule has 0 bridgehead atoms. The number of esters is 3. The number of nitrogens with zero attached hydrogens (tertiary/aromatic N) is 3. The summed E-state index contributed by atoms with van der Waals surface area (Å²) in [4.78, 5) is 78.0. The van der Waals surface area contributed by atoms with Gasteiger partial charge in [-0.3, -0.25) is 0 Å². The zero-order valence-corrected chi connectivity index (χ0v) is 29.5. The summed E-state index contributed by atoms with van der Waals surface area (Å²) in [5.41, 5.74) is -3.45. The molecule has 3 N–H and O–H groups in total. The second-order valence-electron chi connectivity index (χ2n) is 11.6. The summed E-state index contributed by atoms with van der Waals surface area (Å²) in [5.74, 6) is -1.03. The lowest BCUT2D eigenvalue weighted by Gasteiger charge is -2.19. The number of benzene rings is 3. The monoisotopic (exact) mass is 753 g/mol. The molecule has 4 rings (SSSR count). The minimum Gasteiger partial charge on any atom is -0.497 e. The van der Waals surface area contributed by atoms with Crippen molar-refractivity contribution in [3.8, 4) is 17.2 Å². The zero-order chi connectivity index (χ0) is 39.4. The molecule has 0 radical (unpaired) electrons. The maximum absolute atomic E-state index is 13.5. The molecule has 0 spiro atoms. The number of aliphatic hydroxyl groups excluding tert-OH is 3. The maximum atomic E-state index is 13.5. The van der Waals surface area contributed by atoms with Crippen molar-refractivity contribution < 1.29 is 58.1 Å². The highest BCUT2D eigenvalue weighted by atomic mass is 16.6. The van der Waals surface area contributed by atoms with Gasteiger partial charge in [-0.1, -0.05) is 0 Å². The number of hydrogen-bond donors (Lipinski definition) is 3. The lowest BCUT2D eigenvalue weighted by atomic mass is 10.2. The molecular weight excluding hydrogens is 714 g/mol. The highest BCUT2D eigenvalue weighted by molar-refractivity contribution is 5.90. The molecule has 0 aliphatic carbocycles. The van der Waals surface area contributed by atoms with E-state index in [0.29, 0.717) is 30.9 Å². The van der Waals surface area contributed by atoms with Crippen LogP contribution in [0.1, 0.15) is 31.1 Å². The number of aliphatic hydroxyl groups is 3. The molecule has 3 atom stereocenters. The molecule has 18 heteroatoms. The van der Waals surface area contributed by atoms with Gasteiger partial charge in [0.15, 0.2) is 0 Å². The van der Waals surface area contributed by atoms with E-state index in [1.54, 1.807) is 0 Å². The Morgan fingerprint density at radius 2 is 0.685 bits per heavy atom. The molecule has 0 aliphatic heterocycles. The Morgan fingerprint density at radius 1 is 0.463 bits per heavy atom. The minimum absolute atomic E-state index is 0.124. The smallest absolute Gasteiger partial charge is 0.338 e. The molecule has 0 saturated heterocycles. The van der Waals surface area contributed by atoms with Crippen LogP contribution in [-0.2, 0) is 33.8 Å². The Kier molecular flexibility index (Phi) is 14.3. The van der Waals surface area contributed by atoms with Gasteiger partial charge in [0.1, 0.15) is 55.4 Å². The molecule has 0 saturated carbocycles. The number of carbonyl (C=O) groups is 3. The summed E-state index contributed by atoms with van der Waals surface area (Å²) < 4.78 is 31.8. The van der Waals surface area contributed by atoms with Crippen LogP contribution in [0.15, 0.2) is 87.2 Å². The summed E-state index contributed by atoms with van der Waals surface area (Å²) >= 11 is 0. The van der Waals surface area contributed by atoms with E-state index in [9.17, 15) is 44.1 Å². The molecule has 1 aromatic heterocycles. The quantitative estimate of drug-likeness (QED) is 0.0886.